The molecule has 1 nitrogen and oxygen atoms in total. The summed E-state index contributed by atoms with van der Waals surface area (Å²) in [5, 5.41) is 0.654. The molecule has 0 saturated heterocycles. The van der Waals surface area contributed by atoms with E-state index in [0.29, 0.717) is 5.25 Å². The van der Waals surface area contributed by atoms with Crippen LogP contribution in [0.2, 0.25) is 0 Å². The second-order valence-electron chi connectivity index (χ2n) is 3.44. The molecule has 1 saturated carbocycles. The van der Waals surface area contributed by atoms with Crippen molar-refractivity contribution in [2.24, 2.45) is 0 Å². The molecule has 2 heteroatoms. The molecule has 0 bridgehead atoms. The smallest absolute Gasteiger partial charge is 0.00996 e. The van der Waals surface area contributed by atoms with Gasteiger partial charge in [0.05, 0.1) is 0 Å². The predicted octanol–water partition coefficient (Wildman–Crippen LogP) is 1.79. The zero-order valence-electron chi connectivity index (χ0n) is 6.88. The number of hydrogen-bond acceptors (Lipinski definition) is 2. The Hall–Kier alpha value is 0.310. The van der Waals surface area contributed by atoms with Crippen LogP contribution in [-0.4, -0.2) is 30.3 Å². The van der Waals surface area contributed by atoms with Crippen LogP contribution < -0.4 is 0 Å². The van der Waals surface area contributed by atoms with Crippen molar-refractivity contribution >= 4 is 12.6 Å². The first-order valence-electron chi connectivity index (χ1n) is 4.04. The Morgan fingerprint density at radius 3 is 2.40 bits per heavy atom. The maximum Gasteiger partial charge on any atom is 0.00996 e. The van der Waals surface area contributed by atoms with Crippen molar-refractivity contribution in [1.29, 1.82) is 0 Å². The van der Waals surface area contributed by atoms with Crippen molar-refractivity contribution in [3.63, 3.8) is 0 Å². The van der Waals surface area contributed by atoms with E-state index >= 15 is 0 Å². The van der Waals surface area contributed by atoms with Gasteiger partial charge in [-0.05, 0) is 33.4 Å². The summed E-state index contributed by atoms with van der Waals surface area (Å²) >= 11 is 4.49. The summed E-state index contributed by atoms with van der Waals surface area (Å²) in [6.07, 6.45) is 5.31. The number of thiol groups is 1. The van der Waals surface area contributed by atoms with Gasteiger partial charge in [0.15, 0.2) is 0 Å². The minimum absolute atomic E-state index is 0.654. The summed E-state index contributed by atoms with van der Waals surface area (Å²) in [6.45, 7) is 0. The van der Waals surface area contributed by atoms with E-state index in [1.165, 1.54) is 25.7 Å². The number of rotatable bonds is 1. The quantitative estimate of drug-likeness (QED) is 0.571. The molecule has 1 aliphatic rings. The zero-order chi connectivity index (χ0) is 7.56. The summed E-state index contributed by atoms with van der Waals surface area (Å²) in [5.74, 6) is 0. The largest absolute Gasteiger partial charge is 0.306 e. The Bertz CT molecular complexity index is 103. The molecule has 2 atom stereocenters. The van der Waals surface area contributed by atoms with Crippen molar-refractivity contribution in [1.82, 2.24) is 4.90 Å². The molecule has 0 heterocycles. The Morgan fingerprint density at radius 1 is 1.30 bits per heavy atom. The highest BCUT2D eigenvalue weighted by atomic mass is 32.1. The second kappa shape index (κ2) is 3.63. The van der Waals surface area contributed by atoms with Crippen molar-refractivity contribution in [3.8, 4) is 0 Å². The van der Waals surface area contributed by atoms with Crippen LogP contribution in [0.15, 0.2) is 0 Å². The van der Waals surface area contributed by atoms with Gasteiger partial charge < -0.3 is 4.90 Å². The predicted molar refractivity (Wildman–Crippen MR) is 48.7 cm³/mol. The van der Waals surface area contributed by atoms with Crippen LogP contribution in [-0.2, 0) is 0 Å². The summed E-state index contributed by atoms with van der Waals surface area (Å²) in [4.78, 5) is 2.32. The zero-order valence-corrected chi connectivity index (χ0v) is 7.77. The highest BCUT2D eigenvalue weighted by Crippen LogP contribution is 2.24. The third-order valence-electron chi connectivity index (χ3n) is 2.35. The van der Waals surface area contributed by atoms with E-state index in [-0.39, 0.29) is 0 Å². The lowest BCUT2D eigenvalue weighted by atomic mass is 9.94. The SMILES string of the molecule is CN(C)C1CCCC(S)C1. The van der Waals surface area contributed by atoms with Crippen LogP contribution in [0.1, 0.15) is 25.7 Å². The van der Waals surface area contributed by atoms with E-state index < -0.39 is 0 Å². The lowest BCUT2D eigenvalue weighted by molar-refractivity contribution is 0.233. The Morgan fingerprint density at radius 2 is 2.00 bits per heavy atom. The minimum Gasteiger partial charge on any atom is -0.306 e. The van der Waals surface area contributed by atoms with Crippen LogP contribution in [0.5, 0.6) is 0 Å². The Balaban J connectivity index is 2.32. The second-order valence-corrected chi connectivity index (χ2v) is 4.17. The van der Waals surface area contributed by atoms with Crippen LogP contribution >= 0.6 is 12.6 Å². The topological polar surface area (TPSA) is 3.24 Å². The lowest BCUT2D eigenvalue weighted by Gasteiger charge is -2.31. The molecule has 1 fully saturated rings. The van der Waals surface area contributed by atoms with E-state index in [4.69, 9.17) is 0 Å². The average Bonchev–Trinajstić information content (AvgIpc) is 1.88. The molecule has 10 heavy (non-hydrogen) atoms. The first kappa shape index (κ1) is 8.41. The van der Waals surface area contributed by atoms with Gasteiger partial charge in [0, 0.05) is 11.3 Å². The highest BCUT2D eigenvalue weighted by Gasteiger charge is 2.20. The fourth-order valence-electron chi connectivity index (χ4n) is 1.61. The molecule has 0 aromatic carbocycles. The molecule has 60 valence electrons. The third kappa shape index (κ3) is 2.17. The molecule has 0 aromatic heterocycles. The van der Waals surface area contributed by atoms with Gasteiger partial charge in [0.25, 0.3) is 0 Å². The molecule has 0 radical (unpaired) electrons. The minimum atomic E-state index is 0.654. The van der Waals surface area contributed by atoms with Gasteiger partial charge >= 0.3 is 0 Å². The van der Waals surface area contributed by atoms with Crippen molar-refractivity contribution < 1.29 is 0 Å². The molecule has 0 spiro atoms. The van der Waals surface area contributed by atoms with Gasteiger partial charge in [0.2, 0.25) is 0 Å². The normalized spacial score (nSPS) is 34.8. The lowest BCUT2D eigenvalue weighted by Crippen LogP contribution is -2.33. The molecular formula is C8H17NS. The molecule has 0 aliphatic heterocycles. The van der Waals surface area contributed by atoms with Gasteiger partial charge in [-0.1, -0.05) is 6.42 Å². The molecule has 0 amide bonds. The van der Waals surface area contributed by atoms with E-state index in [1.54, 1.807) is 0 Å². The Labute approximate surface area is 69.2 Å². The van der Waals surface area contributed by atoms with Gasteiger partial charge in [-0.3, -0.25) is 0 Å². The van der Waals surface area contributed by atoms with Crippen LogP contribution in [0.4, 0.5) is 0 Å². The Kier molecular flexibility index (Phi) is 3.05. The highest BCUT2D eigenvalue weighted by molar-refractivity contribution is 7.80. The molecule has 2 unspecified atom stereocenters. The first-order chi connectivity index (χ1) is 4.70. The third-order valence-corrected chi connectivity index (χ3v) is 2.82. The fraction of sp³-hybridized carbons (Fsp3) is 1.00. The van der Waals surface area contributed by atoms with Crippen LogP contribution in [0.3, 0.4) is 0 Å². The van der Waals surface area contributed by atoms with Gasteiger partial charge in [-0.15, -0.1) is 0 Å². The maximum absolute atomic E-state index is 4.49. The summed E-state index contributed by atoms with van der Waals surface area (Å²) in [5.41, 5.74) is 0. The molecule has 0 aromatic rings. The monoisotopic (exact) mass is 159 g/mol. The van der Waals surface area contributed by atoms with Crippen molar-refractivity contribution in [3.05, 3.63) is 0 Å². The number of nitrogens with zero attached hydrogens (tertiary/aromatic N) is 1. The van der Waals surface area contributed by atoms with E-state index in [9.17, 15) is 0 Å². The van der Waals surface area contributed by atoms with Crippen LogP contribution in [0.25, 0.3) is 0 Å². The molecular weight excluding hydrogens is 142 g/mol. The maximum atomic E-state index is 4.49. The number of hydrogen-bond donors (Lipinski definition) is 1. The van der Waals surface area contributed by atoms with Gasteiger partial charge in [-0.2, -0.15) is 12.6 Å². The van der Waals surface area contributed by atoms with E-state index in [2.05, 4.69) is 31.6 Å². The standard InChI is InChI=1S/C8H17NS/c1-9(2)7-4-3-5-8(10)6-7/h7-8,10H,3-6H2,1-2H3. The van der Waals surface area contributed by atoms with Gasteiger partial charge in [0.1, 0.15) is 0 Å². The van der Waals surface area contributed by atoms with Gasteiger partial charge in [-0.25, -0.2) is 0 Å². The van der Waals surface area contributed by atoms with E-state index in [0.717, 1.165) is 6.04 Å². The summed E-state index contributed by atoms with van der Waals surface area (Å²) in [7, 11) is 4.33. The van der Waals surface area contributed by atoms with Crippen molar-refractivity contribution in [2.45, 2.75) is 37.0 Å². The molecule has 1 rings (SSSR count). The fourth-order valence-corrected chi connectivity index (χ4v) is 2.03. The first-order valence-corrected chi connectivity index (χ1v) is 4.56. The average molecular weight is 159 g/mol. The summed E-state index contributed by atoms with van der Waals surface area (Å²) < 4.78 is 0. The van der Waals surface area contributed by atoms with Crippen LogP contribution in [0, 0.1) is 0 Å². The van der Waals surface area contributed by atoms with E-state index in [1.807, 2.05) is 0 Å². The molecule has 1 aliphatic carbocycles. The summed E-state index contributed by atoms with van der Waals surface area (Å²) in [6, 6.07) is 0.788. The molecule has 0 N–H and O–H groups in total. The van der Waals surface area contributed by atoms with Crippen molar-refractivity contribution in [2.75, 3.05) is 14.1 Å².